The molecule has 0 aliphatic heterocycles. The Hall–Kier alpha value is -2.55. The van der Waals surface area contributed by atoms with Gasteiger partial charge in [0.1, 0.15) is 5.75 Å². The molecule has 3 nitrogen and oxygen atoms in total. The van der Waals surface area contributed by atoms with Crippen molar-refractivity contribution >= 4 is 10.9 Å². The zero-order chi connectivity index (χ0) is 14.1. The lowest BCUT2D eigenvalue weighted by Gasteiger charge is -2.08. The summed E-state index contributed by atoms with van der Waals surface area (Å²) in [5, 5.41) is 1.05. The summed E-state index contributed by atoms with van der Waals surface area (Å²) in [6.45, 7) is 2.04. The lowest BCUT2D eigenvalue weighted by Crippen LogP contribution is -2.04. The van der Waals surface area contributed by atoms with Crippen molar-refractivity contribution in [3.05, 3.63) is 64.4 Å². The summed E-state index contributed by atoms with van der Waals surface area (Å²) < 4.78 is 5.17. The Bertz CT molecular complexity index is 817. The highest BCUT2D eigenvalue weighted by atomic mass is 16.5. The maximum atomic E-state index is 11.8. The summed E-state index contributed by atoms with van der Waals surface area (Å²) in [7, 11) is 1.64. The van der Waals surface area contributed by atoms with Crippen molar-refractivity contribution in [3.8, 4) is 16.9 Å². The number of aromatic nitrogens is 1. The third-order valence-electron chi connectivity index (χ3n) is 3.40. The average Bonchev–Trinajstić information content (AvgIpc) is 2.47. The molecular weight excluding hydrogens is 250 g/mol. The van der Waals surface area contributed by atoms with Crippen molar-refractivity contribution in [3.63, 3.8) is 0 Å². The van der Waals surface area contributed by atoms with Crippen molar-refractivity contribution in [2.24, 2.45) is 0 Å². The second-order valence-corrected chi connectivity index (χ2v) is 4.82. The first kappa shape index (κ1) is 12.5. The van der Waals surface area contributed by atoms with E-state index in [0.29, 0.717) is 0 Å². The van der Waals surface area contributed by atoms with Crippen LogP contribution < -0.4 is 10.3 Å². The maximum absolute atomic E-state index is 11.8. The Morgan fingerprint density at radius 3 is 2.45 bits per heavy atom. The van der Waals surface area contributed by atoms with Crippen LogP contribution >= 0.6 is 0 Å². The van der Waals surface area contributed by atoms with Gasteiger partial charge in [0.15, 0.2) is 0 Å². The van der Waals surface area contributed by atoms with Crippen LogP contribution in [0.1, 0.15) is 5.56 Å². The molecule has 1 aromatic heterocycles. The molecule has 0 aliphatic rings. The number of aryl methyl sites for hydroxylation is 1. The van der Waals surface area contributed by atoms with Crippen molar-refractivity contribution in [2.45, 2.75) is 6.92 Å². The largest absolute Gasteiger partial charge is 0.497 e. The molecule has 0 unspecified atom stereocenters. The summed E-state index contributed by atoms with van der Waals surface area (Å²) in [6.07, 6.45) is 0. The molecular formula is C17H15NO2. The van der Waals surface area contributed by atoms with Crippen LogP contribution in [-0.4, -0.2) is 12.1 Å². The molecule has 3 heteroatoms. The lowest BCUT2D eigenvalue weighted by atomic mass is 10.00. The first-order valence-corrected chi connectivity index (χ1v) is 6.45. The Balaban J connectivity index is 2.28. The van der Waals surface area contributed by atoms with Gasteiger partial charge in [0.25, 0.3) is 0 Å². The normalized spacial score (nSPS) is 10.7. The Morgan fingerprint density at radius 1 is 1.00 bits per heavy atom. The van der Waals surface area contributed by atoms with Crippen LogP contribution in [0.25, 0.3) is 22.0 Å². The van der Waals surface area contributed by atoms with Gasteiger partial charge >= 0.3 is 0 Å². The van der Waals surface area contributed by atoms with Gasteiger partial charge in [-0.05, 0) is 42.3 Å². The van der Waals surface area contributed by atoms with E-state index in [1.165, 1.54) is 5.56 Å². The standard InChI is InChI=1S/C17H15NO2/c1-11-3-8-16-15(9-11)14(10-17(19)18-16)12-4-6-13(20-2)7-5-12/h3-10H,1-2H3,(H,18,19). The smallest absolute Gasteiger partial charge is 0.249 e. The number of nitrogens with one attached hydrogen (secondary N) is 1. The fourth-order valence-corrected chi connectivity index (χ4v) is 2.38. The molecule has 20 heavy (non-hydrogen) atoms. The first-order chi connectivity index (χ1) is 9.67. The van der Waals surface area contributed by atoms with Gasteiger partial charge in [0.2, 0.25) is 5.56 Å². The molecule has 2 aromatic carbocycles. The van der Waals surface area contributed by atoms with E-state index in [4.69, 9.17) is 4.74 Å². The minimum Gasteiger partial charge on any atom is -0.497 e. The lowest BCUT2D eigenvalue weighted by molar-refractivity contribution is 0.415. The Morgan fingerprint density at radius 2 is 1.75 bits per heavy atom. The molecule has 3 aromatic rings. The van der Waals surface area contributed by atoms with Crippen LogP contribution in [0.5, 0.6) is 5.75 Å². The molecule has 3 rings (SSSR count). The van der Waals surface area contributed by atoms with Gasteiger partial charge in [-0.25, -0.2) is 0 Å². The third kappa shape index (κ3) is 2.18. The van der Waals surface area contributed by atoms with Crippen LogP contribution in [0.2, 0.25) is 0 Å². The van der Waals surface area contributed by atoms with Gasteiger partial charge in [0, 0.05) is 17.0 Å². The first-order valence-electron chi connectivity index (χ1n) is 6.45. The summed E-state index contributed by atoms with van der Waals surface area (Å²) in [6, 6.07) is 15.4. The minimum atomic E-state index is -0.0906. The second-order valence-electron chi connectivity index (χ2n) is 4.82. The highest BCUT2D eigenvalue weighted by Crippen LogP contribution is 2.28. The minimum absolute atomic E-state index is 0.0906. The van der Waals surface area contributed by atoms with Crippen LogP contribution in [-0.2, 0) is 0 Å². The van der Waals surface area contributed by atoms with E-state index in [1.54, 1.807) is 13.2 Å². The predicted octanol–water partition coefficient (Wildman–Crippen LogP) is 3.51. The molecule has 0 atom stereocenters. The Kier molecular flexibility index (Phi) is 3.03. The Labute approximate surface area is 116 Å². The van der Waals surface area contributed by atoms with E-state index in [9.17, 15) is 4.79 Å². The molecule has 0 saturated carbocycles. The highest BCUT2D eigenvalue weighted by molar-refractivity contribution is 5.94. The molecule has 100 valence electrons. The predicted molar refractivity (Wildman–Crippen MR) is 81.3 cm³/mol. The highest BCUT2D eigenvalue weighted by Gasteiger charge is 2.06. The number of rotatable bonds is 2. The van der Waals surface area contributed by atoms with Crippen LogP contribution in [0.3, 0.4) is 0 Å². The topological polar surface area (TPSA) is 42.1 Å². The van der Waals surface area contributed by atoms with Crippen molar-refractivity contribution in [1.29, 1.82) is 0 Å². The summed E-state index contributed by atoms with van der Waals surface area (Å²) in [5.41, 5.74) is 3.88. The monoisotopic (exact) mass is 265 g/mol. The molecule has 0 radical (unpaired) electrons. The van der Waals surface area contributed by atoms with Crippen molar-refractivity contribution in [2.75, 3.05) is 7.11 Å². The quantitative estimate of drug-likeness (QED) is 0.770. The summed E-state index contributed by atoms with van der Waals surface area (Å²) in [4.78, 5) is 14.7. The van der Waals surface area contributed by atoms with Gasteiger partial charge in [-0.1, -0.05) is 23.8 Å². The molecule has 0 aliphatic carbocycles. The molecule has 0 saturated heterocycles. The number of pyridine rings is 1. The number of hydrogen-bond donors (Lipinski definition) is 1. The number of ether oxygens (including phenoxy) is 1. The van der Waals surface area contributed by atoms with E-state index in [0.717, 1.165) is 27.8 Å². The van der Waals surface area contributed by atoms with E-state index in [-0.39, 0.29) is 5.56 Å². The van der Waals surface area contributed by atoms with Crippen LogP contribution in [0.15, 0.2) is 53.3 Å². The number of hydrogen-bond acceptors (Lipinski definition) is 2. The molecule has 0 fully saturated rings. The number of benzene rings is 2. The zero-order valence-corrected chi connectivity index (χ0v) is 11.4. The molecule has 1 heterocycles. The van der Waals surface area contributed by atoms with Gasteiger partial charge in [-0.2, -0.15) is 0 Å². The number of fused-ring (bicyclic) bond motifs is 1. The van der Waals surface area contributed by atoms with Crippen LogP contribution in [0.4, 0.5) is 0 Å². The third-order valence-corrected chi connectivity index (χ3v) is 3.40. The van der Waals surface area contributed by atoms with Crippen molar-refractivity contribution < 1.29 is 4.74 Å². The average molecular weight is 265 g/mol. The van der Waals surface area contributed by atoms with Crippen LogP contribution in [0, 0.1) is 6.92 Å². The molecule has 0 spiro atoms. The summed E-state index contributed by atoms with van der Waals surface area (Å²) >= 11 is 0. The van der Waals surface area contributed by atoms with Gasteiger partial charge in [-0.15, -0.1) is 0 Å². The fourth-order valence-electron chi connectivity index (χ4n) is 2.38. The molecule has 0 amide bonds. The van der Waals surface area contributed by atoms with Crippen molar-refractivity contribution in [1.82, 2.24) is 4.98 Å². The van der Waals surface area contributed by atoms with E-state index in [2.05, 4.69) is 11.1 Å². The zero-order valence-electron chi connectivity index (χ0n) is 11.4. The molecule has 0 bridgehead atoms. The summed E-state index contributed by atoms with van der Waals surface area (Å²) in [5.74, 6) is 0.805. The molecule has 1 N–H and O–H groups in total. The van der Waals surface area contributed by atoms with E-state index < -0.39 is 0 Å². The van der Waals surface area contributed by atoms with Gasteiger partial charge < -0.3 is 9.72 Å². The van der Waals surface area contributed by atoms with Gasteiger partial charge in [0.05, 0.1) is 7.11 Å². The fraction of sp³-hybridized carbons (Fsp3) is 0.118. The van der Waals surface area contributed by atoms with E-state index in [1.807, 2.05) is 43.3 Å². The van der Waals surface area contributed by atoms with E-state index >= 15 is 0 Å². The SMILES string of the molecule is COc1ccc(-c2cc(=O)[nH]c3ccc(C)cc23)cc1. The number of H-pyrrole nitrogens is 1. The number of methoxy groups -OCH3 is 1. The van der Waals surface area contributed by atoms with Gasteiger partial charge in [-0.3, -0.25) is 4.79 Å². The second kappa shape index (κ2) is 4.85. The number of aromatic amines is 1. The maximum Gasteiger partial charge on any atom is 0.249 e.